The van der Waals surface area contributed by atoms with Crippen LogP contribution in [0.3, 0.4) is 0 Å². The average molecular weight is 757 g/mol. The first-order valence-electron chi connectivity index (χ1n) is 20.9. The molecule has 1 heterocycles. The van der Waals surface area contributed by atoms with E-state index in [9.17, 15) is 0 Å². The van der Waals surface area contributed by atoms with Crippen molar-refractivity contribution >= 4 is 32.7 Å². The fourth-order valence-corrected chi connectivity index (χ4v) is 9.66. The molecule has 0 saturated heterocycles. The highest BCUT2D eigenvalue weighted by molar-refractivity contribution is 6.05. The van der Waals surface area contributed by atoms with Gasteiger partial charge in [0.25, 0.3) is 0 Å². The van der Waals surface area contributed by atoms with Gasteiger partial charge in [0.1, 0.15) is 11.2 Å². The Morgan fingerprint density at radius 2 is 0.966 bits per heavy atom. The van der Waals surface area contributed by atoms with Crippen molar-refractivity contribution in [2.75, 3.05) is 0 Å². The minimum atomic E-state index is -0.114. The van der Waals surface area contributed by atoms with Gasteiger partial charge >= 0.3 is 0 Å². The SMILES string of the molecule is CC1(C)c2cc(-c3ccccc3)ccc2-c2ccc(C(CCc3ccc(-c4ccc5c(c4)oc4ccccc45)cc3)c3ccc(-c4ccc5ccccc5c4)cc3)cc21. The lowest BCUT2D eigenvalue weighted by Crippen LogP contribution is -2.16. The van der Waals surface area contributed by atoms with E-state index in [0.717, 1.165) is 34.8 Å². The maximum atomic E-state index is 6.22. The van der Waals surface area contributed by atoms with Gasteiger partial charge in [0.15, 0.2) is 0 Å². The van der Waals surface area contributed by atoms with Crippen LogP contribution in [0.1, 0.15) is 54.0 Å². The summed E-state index contributed by atoms with van der Waals surface area (Å²) in [5, 5.41) is 4.86. The van der Waals surface area contributed by atoms with Crippen LogP contribution in [0, 0.1) is 0 Å². The van der Waals surface area contributed by atoms with Gasteiger partial charge in [-0.25, -0.2) is 0 Å². The van der Waals surface area contributed by atoms with Crippen molar-refractivity contribution in [2.45, 2.75) is 38.0 Å². The highest BCUT2D eigenvalue weighted by atomic mass is 16.3. The van der Waals surface area contributed by atoms with Crippen LogP contribution in [-0.2, 0) is 11.8 Å². The molecular weight excluding hydrogens is 713 g/mol. The van der Waals surface area contributed by atoms with Crippen LogP contribution < -0.4 is 0 Å². The van der Waals surface area contributed by atoms with E-state index in [2.05, 4.69) is 202 Å². The monoisotopic (exact) mass is 756 g/mol. The van der Waals surface area contributed by atoms with E-state index in [1.165, 1.54) is 83.1 Å². The number of benzene rings is 9. The summed E-state index contributed by atoms with van der Waals surface area (Å²) in [5.74, 6) is 0.237. The summed E-state index contributed by atoms with van der Waals surface area (Å²) in [7, 11) is 0. The average Bonchev–Trinajstić information content (AvgIpc) is 3.77. The van der Waals surface area contributed by atoms with Crippen LogP contribution in [0.5, 0.6) is 0 Å². The Balaban J connectivity index is 0.916. The van der Waals surface area contributed by atoms with Crippen molar-refractivity contribution < 1.29 is 4.42 Å². The lowest BCUT2D eigenvalue weighted by atomic mass is 9.79. The number of aryl methyl sites for hydroxylation is 1. The number of furan rings is 1. The Morgan fingerprint density at radius 3 is 1.78 bits per heavy atom. The molecule has 10 aromatic rings. The van der Waals surface area contributed by atoms with E-state index in [1.54, 1.807) is 0 Å². The van der Waals surface area contributed by atoms with Gasteiger partial charge in [-0.3, -0.25) is 0 Å². The smallest absolute Gasteiger partial charge is 0.136 e. The maximum absolute atomic E-state index is 6.22. The lowest BCUT2D eigenvalue weighted by Gasteiger charge is -2.25. The number of rotatable bonds is 8. The molecule has 0 bridgehead atoms. The molecule has 0 amide bonds. The summed E-state index contributed by atoms with van der Waals surface area (Å²) in [6.07, 6.45) is 1.98. The first-order chi connectivity index (χ1) is 29.0. The summed E-state index contributed by atoms with van der Waals surface area (Å²) in [6.45, 7) is 4.80. The predicted molar refractivity (Wildman–Crippen MR) is 248 cm³/mol. The Kier molecular flexibility index (Phi) is 8.45. The molecule has 0 radical (unpaired) electrons. The van der Waals surface area contributed by atoms with Gasteiger partial charge in [0.05, 0.1) is 0 Å². The summed E-state index contributed by atoms with van der Waals surface area (Å²) in [5.41, 5.74) is 18.8. The molecule has 0 N–H and O–H groups in total. The predicted octanol–water partition coefficient (Wildman–Crippen LogP) is 15.8. The third kappa shape index (κ3) is 6.26. The zero-order valence-corrected chi connectivity index (χ0v) is 33.5. The second-order valence-electron chi connectivity index (χ2n) is 16.8. The largest absolute Gasteiger partial charge is 0.456 e. The van der Waals surface area contributed by atoms with Gasteiger partial charge in [-0.2, -0.15) is 0 Å². The molecule has 282 valence electrons. The molecule has 1 aliphatic rings. The molecular formula is C58H44O. The molecule has 9 aromatic carbocycles. The molecule has 1 aliphatic carbocycles. The Bertz CT molecular complexity index is 3160. The highest BCUT2D eigenvalue weighted by Crippen LogP contribution is 2.51. The van der Waals surface area contributed by atoms with Crippen LogP contribution >= 0.6 is 0 Å². The van der Waals surface area contributed by atoms with Gasteiger partial charge in [-0.1, -0.05) is 184 Å². The zero-order valence-electron chi connectivity index (χ0n) is 33.5. The maximum Gasteiger partial charge on any atom is 0.136 e. The molecule has 1 nitrogen and oxygen atoms in total. The standard InChI is InChI=1S/C58H44O/c1-58(2)54-35-46(39-10-4-3-5-11-39)27-31-50(54)51-32-29-48(36-55(51)58)49(43-24-21-42(22-25-43)45-26-23-40-12-6-7-13-44(40)34-45)30-18-38-16-19-41(20-17-38)47-28-33-53-52-14-8-9-15-56(52)59-57(53)37-47/h3-17,19-29,31-37,49H,18,30H2,1-2H3. The molecule has 1 heteroatoms. The van der Waals surface area contributed by atoms with E-state index in [1.807, 2.05) is 12.1 Å². The molecule has 0 aliphatic heterocycles. The molecule has 0 spiro atoms. The van der Waals surface area contributed by atoms with Crippen LogP contribution in [0.2, 0.25) is 0 Å². The minimum Gasteiger partial charge on any atom is -0.456 e. The van der Waals surface area contributed by atoms with E-state index in [0.29, 0.717) is 0 Å². The zero-order chi connectivity index (χ0) is 39.5. The van der Waals surface area contributed by atoms with Crippen LogP contribution in [0.15, 0.2) is 205 Å². The summed E-state index contributed by atoms with van der Waals surface area (Å²) >= 11 is 0. The van der Waals surface area contributed by atoms with E-state index >= 15 is 0 Å². The second-order valence-corrected chi connectivity index (χ2v) is 16.8. The first kappa shape index (κ1) is 35.2. The van der Waals surface area contributed by atoms with Crippen molar-refractivity contribution in [3.8, 4) is 44.5 Å². The molecule has 0 saturated carbocycles. The number of para-hydroxylation sites is 1. The number of hydrogen-bond acceptors (Lipinski definition) is 1. The quantitative estimate of drug-likeness (QED) is 0.150. The van der Waals surface area contributed by atoms with Gasteiger partial charge < -0.3 is 4.42 Å². The normalized spacial score (nSPS) is 13.5. The van der Waals surface area contributed by atoms with Crippen molar-refractivity contribution in [3.05, 3.63) is 228 Å². The van der Waals surface area contributed by atoms with Crippen LogP contribution in [0.4, 0.5) is 0 Å². The van der Waals surface area contributed by atoms with Crippen molar-refractivity contribution in [1.82, 2.24) is 0 Å². The fraction of sp³-hybridized carbons (Fsp3) is 0.103. The van der Waals surface area contributed by atoms with E-state index < -0.39 is 0 Å². The van der Waals surface area contributed by atoms with E-state index in [-0.39, 0.29) is 11.3 Å². The fourth-order valence-electron chi connectivity index (χ4n) is 9.66. The number of hydrogen-bond donors (Lipinski definition) is 0. The van der Waals surface area contributed by atoms with E-state index in [4.69, 9.17) is 4.42 Å². The van der Waals surface area contributed by atoms with Crippen molar-refractivity contribution in [1.29, 1.82) is 0 Å². The third-order valence-electron chi connectivity index (χ3n) is 13.0. The van der Waals surface area contributed by atoms with Gasteiger partial charge in [-0.15, -0.1) is 0 Å². The van der Waals surface area contributed by atoms with Gasteiger partial charge in [0.2, 0.25) is 0 Å². The summed E-state index contributed by atoms with van der Waals surface area (Å²) in [4.78, 5) is 0. The van der Waals surface area contributed by atoms with Crippen molar-refractivity contribution in [3.63, 3.8) is 0 Å². The third-order valence-corrected chi connectivity index (χ3v) is 13.0. The molecule has 0 fully saturated rings. The first-order valence-corrected chi connectivity index (χ1v) is 20.9. The summed E-state index contributed by atoms with van der Waals surface area (Å²) in [6, 6.07) is 73.9. The topological polar surface area (TPSA) is 13.1 Å². The number of fused-ring (bicyclic) bond motifs is 7. The van der Waals surface area contributed by atoms with Gasteiger partial charge in [0, 0.05) is 22.1 Å². The molecule has 11 rings (SSSR count). The Hall–Kier alpha value is -6.96. The van der Waals surface area contributed by atoms with Crippen molar-refractivity contribution in [2.24, 2.45) is 0 Å². The van der Waals surface area contributed by atoms with Crippen LogP contribution in [-0.4, -0.2) is 0 Å². The highest BCUT2D eigenvalue weighted by Gasteiger charge is 2.36. The second kappa shape index (κ2) is 14.1. The minimum absolute atomic E-state index is 0.114. The molecule has 1 aromatic heterocycles. The molecule has 1 atom stereocenters. The Morgan fingerprint density at radius 1 is 0.407 bits per heavy atom. The van der Waals surface area contributed by atoms with Gasteiger partial charge in [-0.05, 0) is 126 Å². The summed E-state index contributed by atoms with van der Waals surface area (Å²) < 4.78 is 6.22. The molecule has 1 unspecified atom stereocenters. The lowest BCUT2D eigenvalue weighted by molar-refractivity contribution is 0.654. The molecule has 59 heavy (non-hydrogen) atoms. The Labute approximate surface area is 346 Å². The van der Waals surface area contributed by atoms with Crippen LogP contribution in [0.25, 0.3) is 77.2 Å².